The lowest BCUT2D eigenvalue weighted by Gasteiger charge is -2.27. The van der Waals surface area contributed by atoms with Crippen molar-refractivity contribution in [2.45, 2.75) is 25.6 Å². The van der Waals surface area contributed by atoms with Gasteiger partial charge in [-0.15, -0.1) is 0 Å². The van der Waals surface area contributed by atoms with E-state index in [-0.39, 0.29) is 11.9 Å². The van der Waals surface area contributed by atoms with Crippen molar-refractivity contribution in [3.05, 3.63) is 41.7 Å². The zero-order chi connectivity index (χ0) is 13.4. The highest BCUT2D eigenvalue weighted by Gasteiger charge is 2.24. The van der Waals surface area contributed by atoms with E-state index >= 15 is 0 Å². The van der Waals surface area contributed by atoms with Gasteiger partial charge in [-0.05, 0) is 31.2 Å². The summed E-state index contributed by atoms with van der Waals surface area (Å²) in [5, 5.41) is 19.5. The molecule has 2 N–H and O–H groups in total. The molecule has 0 radical (unpaired) electrons. The van der Waals surface area contributed by atoms with Gasteiger partial charge in [0.2, 0.25) is 0 Å². The molecule has 0 spiro atoms. The minimum absolute atomic E-state index is 0.0717. The van der Waals surface area contributed by atoms with E-state index in [4.69, 9.17) is 9.47 Å². The lowest BCUT2D eigenvalue weighted by molar-refractivity contribution is 0.0998. The molecular weight excluding hydrogens is 244 g/mol. The average Bonchev–Trinajstić information content (AvgIpc) is 2.38. The second-order valence-corrected chi connectivity index (χ2v) is 4.89. The fourth-order valence-electron chi connectivity index (χ4n) is 2.37. The Morgan fingerprint density at radius 3 is 3.00 bits per heavy atom. The van der Waals surface area contributed by atoms with Crippen LogP contribution in [0.2, 0.25) is 0 Å². The normalized spacial score (nSPS) is 25.6. The van der Waals surface area contributed by atoms with Crippen LogP contribution in [0, 0.1) is 0 Å². The standard InChI is InChI=1S/C15H16O4/c1-9-8-18-14-4-2-10(16)6-12(14)13-7-11(17)3-5-15(13)19-9/h2-5,7,9-10,16-17H,6,8H2,1H3/t9-,10+/m1/s1. The van der Waals surface area contributed by atoms with Crippen LogP contribution in [0.5, 0.6) is 11.5 Å². The van der Waals surface area contributed by atoms with Gasteiger partial charge in [0.05, 0.1) is 6.10 Å². The molecule has 0 unspecified atom stereocenters. The van der Waals surface area contributed by atoms with Gasteiger partial charge in [0, 0.05) is 17.6 Å². The molecule has 0 saturated heterocycles. The summed E-state index contributed by atoms with van der Waals surface area (Å²) in [6.45, 7) is 2.39. The summed E-state index contributed by atoms with van der Waals surface area (Å²) in [6.07, 6.45) is 3.36. The molecule has 2 aliphatic rings. The van der Waals surface area contributed by atoms with Crippen LogP contribution in [-0.2, 0) is 4.74 Å². The summed E-state index contributed by atoms with van der Waals surface area (Å²) in [6, 6.07) is 5.00. The van der Waals surface area contributed by atoms with Crippen LogP contribution in [0.3, 0.4) is 0 Å². The molecule has 19 heavy (non-hydrogen) atoms. The number of ether oxygens (including phenoxy) is 2. The summed E-state index contributed by atoms with van der Waals surface area (Å²) in [5.74, 6) is 1.63. The molecular formula is C15H16O4. The first-order valence-corrected chi connectivity index (χ1v) is 6.36. The van der Waals surface area contributed by atoms with Gasteiger partial charge in [-0.1, -0.05) is 6.08 Å². The monoisotopic (exact) mass is 260 g/mol. The maximum absolute atomic E-state index is 9.78. The lowest BCUT2D eigenvalue weighted by Crippen LogP contribution is -2.23. The van der Waals surface area contributed by atoms with Crippen LogP contribution in [0.25, 0.3) is 5.57 Å². The summed E-state index contributed by atoms with van der Waals surface area (Å²) in [7, 11) is 0. The highest BCUT2D eigenvalue weighted by atomic mass is 16.5. The van der Waals surface area contributed by atoms with Crippen molar-refractivity contribution in [3.63, 3.8) is 0 Å². The fraction of sp³-hybridized carbons (Fsp3) is 0.333. The zero-order valence-electron chi connectivity index (χ0n) is 10.7. The summed E-state index contributed by atoms with van der Waals surface area (Å²) >= 11 is 0. The fourth-order valence-corrected chi connectivity index (χ4v) is 2.37. The molecule has 1 aromatic carbocycles. The Balaban J connectivity index is 2.15. The van der Waals surface area contributed by atoms with E-state index in [2.05, 4.69) is 0 Å². The molecule has 0 amide bonds. The Morgan fingerprint density at radius 1 is 1.32 bits per heavy atom. The van der Waals surface area contributed by atoms with Gasteiger partial charge >= 0.3 is 0 Å². The van der Waals surface area contributed by atoms with Gasteiger partial charge in [-0.25, -0.2) is 0 Å². The molecule has 0 bridgehead atoms. The number of phenols is 1. The molecule has 1 aromatic rings. The highest BCUT2D eigenvalue weighted by molar-refractivity contribution is 5.76. The summed E-state index contributed by atoms with van der Waals surface area (Å²) < 4.78 is 11.5. The third-order valence-electron chi connectivity index (χ3n) is 3.27. The number of aliphatic hydroxyl groups is 1. The SMILES string of the molecule is C[C@@H]1COC2=C(C[C@@H](O)C=C2)c2cc(O)ccc2O1. The highest BCUT2D eigenvalue weighted by Crippen LogP contribution is 2.38. The number of aromatic hydroxyl groups is 1. The molecule has 1 aliphatic heterocycles. The van der Waals surface area contributed by atoms with Crippen molar-refractivity contribution in [1.29, 1.82) is 0 Å². The van der Waals surface area contributed by atoms with E-state index in [9.17, 15) is 10.2 Å². The van der Waals surface area contributed by atoms with E-state index in [0.29, 0.717) is 18.8 Å². The van der Waals surface area contributed by atoms with Crippen LogP contribution in [0.4, 0.5) is 0 Å². The number of allylic oxidation sites excluding steroid dienone is 1. The molecule has 1 aliphatic carbocycles. The van der Waals surface area contributed by atoms with Crippen LogP contribution in [-0.4, -0.2) is 29.0 Å². The number of hydrogen-bond acceptors (Lipinski definition) is 4. The van der Waals surface area contributed by atoms with E-state index in [1.165, 1.54) is 0 Å². The van der Waals surface area contributed by atoms with Gasteiger partial charge in [0.1, 0.15) is 30.0 Å². The first kappa shape index (κ1) is 12.1. The predicted molar refractivity (Wildman–Crippen MR) is 70.8 cm³/mol. The Labute approximate surface area is 111 Å². The maximum atomic E-state index is 9.78. The van der Waals surface area contributed by atoms with E-state index in [1.807, 2.05) is 6.92 Å². The Morgan fingerprint density at radius 2 is 2.16 bits per heavy atom. The van der Waals surface area contributed by atoms with Crippen molar-refractivity contribution in [2.75, 3.05) is 6.61 Å². The molecule has 3 rings (SSSR count). The number of hydrogen-bond donors (Lipinski definition) is 2. The quantitative estimate of drug-likeness (QED) is 0.751. The summed E-state index contributed by atoms with van der Waals surface area (Å²) in [5.41, 5.74) is 1.65. The maximum Gasteiger partial charge on any atom is 0.130 e. The van der Waals surface area contributed by atoms with Gasteiger partial charge in [-0.2, -0.15) is 0 Å². The van der Waals surface area contributed by atoms with Gasteiger partial charge in [-0.3, -0.25) is 0 Å². The minimum Gasteiger partial charge on any atom is -0.508 e. The molecule has 2 atom stereocenters. The van der Waals surface area contributed by atoms with Gasteiger partial charge < -0.3 is 19.7 Å². The van der Waals surface area contributed by atoms with Crippen LogP contribution >= 0.6 is 0 Å². The molecule has 0 saturated carbocycles. The second-order valence-electron chi connectivity index (χ2n) is 4.89. The van der Waals surface area contributed by atoms with Crippen molar-refractivity contribution < 1.29 is 19.7 Å². The first-order valence-electron chi connectivity index (χ1n) is 6.36. The number of fused-ring (bicyclic) bond motifs is 2. The number of phenolic OH excluding ortho intramolecular Hbond substituents is 1. The first-order chi connectivity index (χ1) is 9.13. The lowest BCUT2D eigenvalue weighted by atomic mass is 9.93. The Kier molecular flexibility index (Phi) is 2.95. The topological polar surface area (TPSA) is 58.9 Å². The number of aliphatic hydroxyl groups excluding tert-OH is 1. The van der Waals surface area contributed by atoms with Crippen molar-refractivity contribution in [1.82, 2.24) is 0 Å². The van der Waals surface area contributed by atoms with Gasteiger partial charge in [0.15, 0.2) is 0 Å². The molecule has 4 nitrogen and oxygen atoms in total. The third kappa shape index (κ3) is 2.31. The zero-order valence-corrected chi connectivity index (χ0v) is 10.7. The molecule has 0 aromatic heterocycles. The predicted octanol–water partition coefficient (Wildman–Crippen LogP) is 2.22. The number of benzene rings is 1. The van der Waals surface area contributed by atoms with Gasteiger partial charge in [0.25, 0.3) is 0 Å². The second kappa shape index (κ2) is 4.63. The smallest absolute Gasteiger partial charge is 0.130 e. The van der Waals surface area contributed by atoms with E-state index in [0.717, 1.165) is 16.9 Å². The Hall–Kier alpha value is -1.94. The molecule has 0 fully saturated rings. The summed E-state index contributed by atoms with van der Waals surface area (Å²) in [4.78, 5) is 0. The van der Waals surface area contributed by atoms with Crippen molar-refractivity contribution >= 4 is 5.57 Å². The molecule has 4 heteroatoms. The number of rotatable bonds is 0. The van der Waals surface area contributed by atoms with Crippen LogP contribution < -0.4 is 4.74 Å². The molecule has 1 heterocycles. The third-order valence-corrected chi connectivity index (χ3v) is 3.27. The van der Waals surface area contributed by atoms with Crippen LogP contribution in [0.1, 0.15) is 18.9 Å². The van der Waals surface area contributed by atoms with E-state index in [1.54, 1.807) is 30.4 Å². The van der Waals surface area contributed by atoms with Crippen molar-refractivity contribution in [3.8, 4) is 11.5 Å². The minimum atomic E-state index is -0.533. The van der Waals surface area contributed by atoms with Crippen molar-refractivity contribution in [2.24, 2.45) is 0 Å². The molecule has 100 valence electrons. The largest absolute Gasteiger partial charge is 0.508 e. The van der Waals surface area contributed by atoms with E-state index < -0.39 is 6.10 Å². The average molecular weight is 260 g/mol. The Bertz CT molecular complexity index is 559. The van der Waals surface area contributed by atoms with Crippen LogP contribution in [0.15, 0.2) is 36.1 Å².